The molecule has 1 aromatic rings. The van der Waals surface area contributed by atoms with Gasteiger partial charge < -0.3 is 15.4 Å². The molecular weight excluding hydrogens is 278 g/mol. The minimum Gasteiger partial charge on any atom is -0.469 e. The van der Waals surface area contributed by atoms with Crippen molar-refractivity contribution >= 4 is 11.9 Å². The van der Waals surface area contributed by atoms with E-state index in [1.165, 1.54) is 18.2 Å². The molecule has 0 radical (unpaired) electrons. The summed E-state index contributed by atoms with van der Waals surface area (Å²) in [6.45, 7) is 7.35. The number of carbonyl (C=O) groups excluding carboxylic acids is 1. The van der Waals surface area contributed by atoms with E-state index in [0.29, 0.717) is 18.4 Å². The topological polar surface area (TPSA) is 62.7 Å². The van der Waals surface area contributed by atoms with Crippen LogP contribution in [-0.4, -0.2) is 39.2 Å². The van der Waals surface area contributed by atoms with E-state index in [0.717, 1.165) is 6.54 Å². The quantitative estimate of drug-likeness (QED) is 0.480. The van der Waals surface area contributed by atoms with Gasteiger partial charge in [-0.05, 0) is 18.4 Å². The molecule has 1 aromatic carbocycles. The third-order valence-corrected chi connectivity index (χ3v) is 3.59. The smallest absolute Gasteiger partial charge is 0.310 e. The number of esters is 1. The fraction of sp³-hybridized carbons (Fsp3) is 0.529. The van der Waals surface area contributed by atoms with Gasteiger partial charge in [0.25, 0.3) is 0 Å². The lowest BCUT2D eigenvalue weighted by Crippen LogP contribution is -2.42. The summed E-state index contributed by atoms with van der Waals surface area (Å²) < 4.78 is 4.71. The van der Waals surface area contributed by atoms with Gasteiger partial charge in [0.2, 0.25) is 0 Å². The lowest BCUT2D eigenvalue weighted by Gasteiger charge is -2.18. The lowest BCUT2D eigenvalue weighted by atomic mass is 9.99. The second kappa shape index (κ2) is 9.07. The van der Waals surface area contributed by atoms with Crippen molar-refractivity contribution in [2.75, 3.05) is 27.2 Å². The van der Waals surface area contributed by atoms with Crippen LogP contribution in [0.25, 0.3) is 0 Å². The van der Waals surface area contributed by atoms with E-state index < -0.39 is 0 Å². The average Bonchev–Trinajstić information content (AvgIpc) is 2.53. The van der Waals surface area contributed by atoms with Gasteiger partial charge in [-0.1, -0.05) is 43.7 Å². The Morgan fingerprint density at radius 2 is 1.95 bits per heavy atom. The maximum atomic E-state index is 11.4. The molecular formula is C17H27N3O2. The number of benzene rings is 1. The number of guanidine groups is 1. The molecule has 5 heteroatoms. The Balaban J connectivity index is 2.45. The van der Waals surface area contributed by atoms with Gasteiger partial charge in [-0.3, -0.25) is 9.79 Å². The summed E-state index contributed by atoms with van der Waals surface area (Å²) in [5.41, 5.74) is 2.56. The summed E-state index contributed by atoms with van der Waals surface area (Å²) in [6.07, 6.45) is 0. The Kier molecular flexibility index (Phi) is 7.43. The molecule has 0 spiro atoms. The second-order valence-corrected chi connectivity index (χ2v) is 5.57. The summed E-state index contributed by atoms with van der Waals surface area (Å²) in [7, 11) is 3.12. The molecule has 1 rings (SSSR count). The summed E-state index contributed by atoms with van der Waals surface area (Å²) in [6, 6.07) is 8.50. The summed E-state index contributed by atoms with van der Waals surface area (Å²) >= 11 is 0. The fourth-order valence-corrected chi connectivity index (χ4v) is 2.10. The zero-order chi connectivity index (χ0) is 16.5. The molecule has 0 fully saturated rings. The third kappa shape index (κ3) is 5.76. The lowest BCUT2D eigenvalue weighted by molar-refractivity contribution is -0.144. The number of hydrogen-bond donors (Lipinski definition) is 2. The van der Waals surface area contributed by atoms with E-state index in [1.54, 1.807) is 7.05 Å². The van der Waals surface area contributed by atoms with Crippen LogP contribution in [-0.2, 0) is 9.53 Å². The summed E-state index contributed by atoms with van der Waals surface area (Å²) in [5, 5.41) is 6.43. The third-order valence-electron chi connectivity index (χ3n) is 3.59. The highest BCUT2D eigenvalue weighted by atomic mass is 16.5. The Hall–Kier alpha value is -2.04. The van der Waals surface area contributed by atoms with Crippen molar-refractivity contribution in [1.29, 1.82) is 0 Å². The van der Waals surface area contributed by atoms with Gasteiger partial charge in [-0.25, -0.2) is 0 Å². The van der Waals surface area contributed by atoms with E-state index in [-0.39, 0.29) is 11.9 Å². The largest absolute Gasteiger partial charge is 0.469 e. The molecule has 122 valence electrons. The van der Waals surface area contributed by atoms with Crippen LogP contribution in [0, 0.1) is 12.8 Å². The molecule has 0 heterocycles. The maximum absolute atomic E-state index is 11.4. The maximum Gasteiger partial charge on any atom is 0.310 e. The van der Waals surface area contributed by atoms with E-state index >= 15 is 0 Å². The molecule has 2 atom stereocenters. The number of aryl methyl sites for hydroxylation is 1. The van der Waals surface area contributed by atoms with Crippen LogP contribution in [0.2, 0.25) is 0 Å². The Morgan fingerprint density at radius 1 is 1.27 bits per heavy atom. The molecule has 0 bridgehead atoms. The molecule has 0 saturated carbocycles. The van der Waals surface area contributed by atoms with Gasteiger partial charge in [0.1, 0.15) is 0 Å². The number of methoxy groups -OCH3 is 1. The zero-order valence-electron chi connectivity index (χ0n) is 14.1. The molecule has 0 aromatic heterocycles. The second-order valence-electron chi connectivity index (χ2n) is 5.57. The van der Waals surface area contributed by atoms with Crippen molar-refractivity contribution in [2.45, 2.75) is 26.7 Å². The first kappa shape index (κ1) is 18.0. The highest BCUT2D eigenvalue weighted by Crippen LogP contribution is 2.15. The molecule has 0 saturated heterocycles. The van der Waals surface area contributed by atoms with Crippen molar-refractivity contribution in [1.82, 2.24) is 10.6 Å². The Morgan fingerprint density at radius 3 is 2.55 bits per heavy atom. The van der Waals surface area contributed by atoms with Crippen LogP contribution in [0.1, 0.15) is 30.9 Å². The van der Waals surface area contributed by atoms with Crippen LogP contribution in [0.3, 0.4) is 0 Å². The number of hydrogen-bond acceptors (Lipinski definition) is 3. The van der Waals surface area contributed by atoms with Crippen molar-refractivity contribution in [3.8, 4) is 0 Å². The van der Waals surface area contributed by atoms with E-state index in [1.807, 2.05) is 6.92 Å². The molecule has 0 aliphatic rings. The monoisotopic (exact) mass is 305 g/mol. The highest BCUT2D eigenvalue weighted by Gasteiger charge is 2.13. The number of aliphatic imine (C=N–C) groups is 1. The van der Waals surface area contributed by atoms with Crippen LogP contribution in [0.4, 0.5) is 0 Å². The van der Waals surface area contributed by atoms with Crippen molar-refractivity contribution in [3.63, 3.8) is 0 Å². The van der Waals surface area contributed by atoms with Gasteiger partial charge in [0.05, 0.1) is 13.0 Å². The van der Waals surface area contributed by atoms with Crippen LogP contribution >= 0.6 is 0 Å². The predicted molar refractivity (Wildman–Crippen MR) is 90.1 cm³/mol. The Bertz CT molecular complexity index is 514. The minimum atomic E-state index is -0.226. The molecule has 22 heavy (non-hydrogen) atoms. The standard InChI is InChI=1S/C17H27N3O2/c1-12-7-6-8-15(9-12)13(2)10-19-17(18-4)20-11-14(3)16(21)22-5/h6-9,13-14H,10-11H2,1-5H3,(H2,18,19,20). The van der Waals surface area contributed by atoms with Crippen molar-refractivity contribution < 1.29 is 9.53 Å². The Labute approximate surface area is 133 Å². The highest BCUT2D eigenvalue weighted by molar-refractivity contribution is 5.80. The number of nitrogens with one attached hydrogen (secondary N) is 2. The number of ether oxygens (including phenoxy) is 1. The van der Waals surface area contributed by atoms with Gasteiger partial charge in [-0.2, -0.15) is 0 Å². The number of carbonyl (C=O) groups is 1. The molecule has 0 amide bonds. The fourth-order valence-electron chi connectivity index (χ4n) is 2.10. The van der Waals surface area contributed by atoms with E-state index in [2.05, 4.69) is 53.7 Å². The molecule has 2 N–H and O–H groups in total. The van der Waals surface area contributed by atoms with Gasteiger partial charge in [0.15, 0.2) is 5.96 Å². The van der Waals surface area contributed by atoms with Gasteiger partial charge in [-0.15, -0.1) is 0 Å². The van der Waals surface area contributed by atoms with Crippen LogP contribution < -0.4 is 10.6 Å². The van der Waals surface area contributed by atoms with Crippen molar-refractivity contribution in [3.05, 3.63) is 35.4 Å². The van der Waals surface area contributed by atoms with Gasteiger partial charge >= 0.3 is 5.97 Å². The summed E-state index contributed by atoms with van der Waals surface area (Å²) in [5.74, 6) is 0.626. The molecule has 0 aliphatic heterocycles. The molecule has 0 aliphatic carbocycles. The first-order chi connectivity index (χ1) is 10.5. The predicted octanol–water partition coefficient (Wildman–Crippen LogP) is 2.07. The molecule has 2 unspecified atom stereocenters. The first-order valence-corrected chi connectivity index (χ1v) is 7.56. The van der Waals surface area contributed by atoms with E-state index in [9.17, 15) is 4.79 Å². The zero-order valence-corrected chi connectivity index (χ0v) is 14.1. The number of nitrogens with zero attached hydrogens (tertiary/aromatic N) is 1. The van der Waals surface area contributed by atoms with Crippen molar-refractivity contribution in [2.24, 2.45) is 10.9 Å². The average molecular weight is 305 g/mol. The van der Waals surface area contributed by atoms with E-state index in [4.69, 9.17) is 4.74 Å². The van der Waals surface area contributed by atoms with Crippen LogP contribution in [0.5, 0.6) is 0 Å². The SMILES string of the molecule is CN=C(NCC(C)C(=O)OC)NCC(C)c1cccc(C)c1. The normalized spacial score (nSPS) is 14.1. The molecule has 5 nitrogen and oxygen atoms in total. The first-order valence-electron chi connectivity index (χ1n) is 7.56. The number of rotatable bonds is 6. The minimum absolute atomic E-state index is 0.210. The van der Waals surface area contributed by atoms with Crippen LogP contribution in [0.15, 0.2) is 29.3 Å². The summed E-state index contributed by atoms with van der Waals surface area (Å²) in [4.78, 5) is 15.5. The van der Waals surface area contributed by atoms with Gasteiger partial charge in [0, 0.05) is 20.1 Å².